The van der Waals surface area contributed by atoms with Gasteiger partial charge in [-0.25, -0.2) is 9.59 Å². The maximum absolute atomic E-state index is 12.2. The highest BCUT2D eigenvalue weighted by molar-refractivity contribution is 5.75. The van der Waals surface area contributed by atoms with Gasteiger partial charge in [-0.2, -0.15) is 26.3 Å². The van der Waals surface area contributed by atoms with Crippen molar-refractivity contribution < 1.29 is 55.6 Å². The molecule has 0 spiro atoms. The standard InChI is InChI=1S/C16H16F6O6/c17-15(18,19)11(23)13(25)27-7-5-9-3-1-2-4-10(9)6-8-28-14(26)12(24)16(20,21)22/h1-4,11-12,23-24H,5-8H2/t11-,12-/m0/s1. The van der Waals surface area contributed by atoms with E-state index >= 15 is 0 Å². The van der Waals surface area contributed by atoms with Crippen LogP contribution in [-0.2, 0) is 31.9 Å². The summed E-state index contributed by atoms with van der Waals surface area (Å²) in [5.41, 5.74) is 0.952. The van der Waals surface area contributed by atoms with Crippen LogP contribution in [0.1, 0.15) is 11.1 Å². The van der Waals surface area contributed by atoms with Crippen molar-refractivity contribution in [2.75, 3.05) is 13.2 Å². The zero-order valence-corrected chi connectivity index (χ0v) is 14.1. The molecule has 2 atom stereocenters. The van der Waals surface area contributed by atoms with Gasteiger partial charge in [-0.15, -0.1) is 0 Å². The number of carbonyl (C=O) groups excluding carboxylic acids is 2. The van der Waals surface area contributed by atoms with Gasteiger partial charge in [0.15, 0.2) is 0 Å². The van der Waals surface area contributed by atoms with E-state index in [1.54, 1.807) is 12.1 Å². The van der Waals surface area contributed by atoms with E-state index < -0.39 is 49.7 Å². The lowest BCUT2D eigenvalue weighted by atomic mass is 10.0. The van der Waals surface area contributed by atoms with Crippen LogP contribution in [0, 0.1) is 0 Å². The van der Waals surface area contributed by atoms with Crippen molar-refractivity contribution in [1.82, 2.24) is 0 Å². The molecular formula is C16H16F6O6. The Morgan fingerprint density at radius 1 is 0.786 bits per heavy atom. The highest BCUT2D eigenvalue weighted by Gasteiger charge is 2.45. The Morgan fingerprint density at radius 2 is 1.11 bits per heavy atom. The van der Waals surface area contributed by atoms with E-state index in [1.165, 1.54) is 12.1 Å². The number of esters is 2. The third kappa shape index (κ3) is 7.35. The topological polar surface area (TPSA) is 93.1 Å². The molecular weight excluding hydrogens is 402 g/mol. The molecule has 28 heavy (non-hydrogen) atoms. The molecule has 0 heterocycles. The first kappa shape index (κ1) is 23.7. The molecule has 0 radical (unpaired) electrons. The van der Waals surface area contributed by atoms with Crippen LogP contribution in [0.25, 0.3) is 0 Å². The first-order valence-electron chi connectivity index (χ1n) is 7.73. The van der Waals surface area contributed by atoms with Gasteiger partial charge in [-0.3, -0.25) is 0 Å². The average molecular weight is 418 g/mol. The molecule has 0 bridgehead atoms. The van der Waals surface area contributed by atoms with Gasteiger partial charge in [0, 0.05) is 12.8 Å². The quantitative estimate of drug-likeness (QED) is 0.493. The zero-order chi connectivity index (χ0) is 21.5. The number of carbonyl (C=O) groups is 2. The molecule has 0 fully saturated rings. The van der Waals surface area contributed by atoms with E-state index in [4.69, 9.17) is 10.2 Å². The SMILES string of the molecule is O=C(OCCc1ccccc1CCOC(=O)[C@H](O)C(F)(F)F)[C@H](O)C(F)(F)F. The molecule has 0 aliphatic rings. The fraction of sp³-hybridized carbons (Fsp3) is 0.500. The number of benzene rings is 1. The number of hydrogen-bond donors (Lipinski definition) is 2. The van der Waals surface area contributed by atoms with E-state index in [0.717, 1.165) is 0 Å². The largest absolute Gasteiger partial charge is 0.463 e. The molecule has 158 valence electrons. The molecule has 0 aliphatic carbocycles. The predicted octanol–water partition coefficient (Wildman–Crippen LogP) is 1.70. The molecule has 1 aromatic carbocycles. The minimum absolute atomic E-state index is 0.0500. The molecule has 0 aromatic heterocycles. The lowest BCUT2D eigenvalue weighted by molar-refractivity contribution is -0.219. The van der Waals surface area contributed by atoms with E-state index in [1.807, 2.05) is 0 Å². The fourth-order valence-corrected chi connectivity index (χ4v) is 1.99. The number of alkyl halides is 6. The van der Waals surface area contributed by atoms with Gasteiger partial charge in [0.05, 0.1) is 13.2 Å². The van der Waals surface area contributed by atoms with E-state index in [0.29, 0.717) is 11.1 Å². The zero-order valence-electron chi connectivity index (χ0n) is 14.1. The summed E-state index contributed by atoms with van der Waals surface area (Å²) in [5.74, 6) is -3.72. The summed E-state index contributed by atoms with van der Waals surface area (Å²) < 4.78 is 81.7. The van der Waals surface area contributed by atoms with Crippen molar-refractivity contribution >= 4 is 11.9 Å². The van der Waals surface area contributed by atoms with Gasteiger partial charge >= 0.3 is 24.3 Å². The molecule has 1 aromatic rings. The molecule has 1 rings (SSSR count). The first-order valence-corrected chi connectivity index (χ1v) is 7.73. The number of rotatable bonds is 8. The van der Waals surface area contributed by atoms with E-state index in [9.17, 15) is 35.9 Å². The lowest BCUT2D eigenvalue weighted by Crippen LogP contribution is -2.38. The fourth-order valence-electron chi connectivity index (χ4n) is 1.99. The number of ether oxygens (including phenoxy) is 2. The van der Waals surface area contributed by atoms with Gasteiger partial charge in [-0.05, 0) is 11.1 Å². The summed E-state index contributed by atoms with van der Waals surface area (Å²) in [5, 5.41) is 17.5. The maximum atomic E-state index is 12.2. The number of halogens is 6. The van der Waals surface area contributed by atoms with Crippen LogP contribution in [0.2, 0.25) is 0 Å². The highest BCUT2D eigenvalue weighted by Crippen LogP contribution is 2.22. The Morgan fingerprint density at radius 3 is 1.39 bits per heavy atom. The van der Waals surface area contributed by atoms with Crippen LogP contribution >= 0.6 is 0 Å². The molecule has 0 aliphatic heterocycles. The van der Waals surface area contributed by atoms with Crippen molar-refractivity contribution in [1.29, 1.82) is 0 Å². The summed E-state index contributed by atoms with van der Waals surface area (Å²) in [4.78, 5) is 22.2. The molecule has 6 nitrogen and oxygen atoms in total. The highest BCUT2D eigenvalue weighted by atomic mass is 19.4. The first-order chi connectivity index (χ1) is 12.8. The molecule has 2 N–H and O–H groups in total. The third-order valence-corrected chi connectivity index (χ3v) is 3.42. The maximum Gasteiger partial charge on any atom is 0.425 e. The van der Waals surface area contributed by atoms with Crippen molar-refractivity contribution in [3.63, 3.8) is 0 Å². The minimum atomic E-state index is -5.15. The van der Waals surface area contributed by atoms with Gasteiger partial charge in [-0.1, -0.05) is 24.3 Å². The summed E-state index contributed by atoms with van der Waals surface area (Å²) in [7, 11) is 0. The smallest absolute Gasteiger partial charge is 0.425 e. The van der Waals surface area contributed by atoms with Crippen molar-refractivity contribution in [3.8, 4) is 0 Å². The number of aliphatic hydroxyl groups is 2. The molecule has 12 heteroatoms. The average Bonchev–Trinajstić information content (AvgIpc) is 2.59. The molecule has 0 saturated carbocycles. The Labute approximate surface area is 154 Å². The Bertz CT molecular complexity index is 615. The third-order valence-electron chi connectivity index (χ3n) is 3.42. The number of hydrogen-bond acceptors (Lipinski definition) is 6. The minimum Gasteiger partial charge on any atom is -0.463 e. The van der Waals surface area contributed by atoms with Gasteiger partial charge in [0.25, 0.3) is 0 Å². The monoisotopic (exact) mass is 418 g/mol. The predicted molar refractivity (Wildman–Crippen MR) is 79.9 cm³/mol. The van der Waals surface area contributed by atoms with Gasteiger partial charge in [0.1, 0.15) is 0 Å². The van der Waals surface area contributed by atoms with Crippen molar-refractivity contribution in [3.05, 3.63) is 35.4 Å². The summed E-state index contributed by atoms with van der Waals surface area (Å²) in [6, 6.07) is 6.17. The van der Waals surface area contributed by atoms with E-state index in [-0.39, 0.29) is 12.8 Å². The molecule has 0 unspecified atom stereocenters. The Hall–Kier alpha value is -2.34. The number of aliphatic hydroxyl groups excluding tert-OH is 2. The van der Waals surface area contributed by atoms with Gasteiger partial charge in [0.2, 0.25) is 12.2 Å². The van der Waals surface area contributed by atoms with Crippen molar-refractivity contribution in [2.45, 2.75) is 37.4 Å². The van der Waals surface area contributed by atoms with E-state index in [2.05, 4.69) is 9.47 Å². The Kier molecular flexibility index (Phi) is 8.24. The van der Waals surface area contributed by atoms with Crippen molar-refractivity contribution in [2.24, 2.45) is 0 Å². The lowest BCUT2D eigenvalue weighted by Gasteiger charge is -2.15. The summed E-state index contributed by atoms with van der Waals surface area (Å²) in [6.45, 7) is -0.981. The van der Waals surface area contributed by atoms with Crippen LogP contribution in [0.4, 0.5) is 26.3 Å². The normalized spacial score (nSPS) is 14.3. The molecule has 0 saturated heterocycles. The van der Waals surface area contributed by atoms with Crippen LogP contribution in [-0.4, -0.2) is 59.9 Å². The van der Waals surface area contributed by atoms with Gasteiger partial charge < -0.3 is 19.7 Å². The Balaban J connectivity index is 2.55. The second-order valence-corrected chi connectivity index (χ2v) is 5.49. The molecule has 0 amide bonds. The van der Waals surface area contributed by atoms with Crippen LogP contribution < -0.4 is 0 Å². The van der Waals surface area contributed by atoms with Crippen LogP contribution in [0.5, 0.6) is 0 Å². The van der Waals surface area contributed by atoms with Crippen LogP contribution in [0.15, 0.2) is 24.3 Å². The second kappa shape index (κ2) is 9.73. The van der Waals surface area contributed by atoms with Crippen LogP contribution in [0.3, 0.4) is 0 Å². The summed E-state index contributed by atoms with van der Waals surface area (Å²) >= 11 is 0. The summed E-state index contributed by atoms with van der Waals surface area (Å²) in [6.07, 6.45) is -16.9. The second-order valence-electron chi connectivity index (χ2n) is 5.49.